The quantitative estimate of drug-likeness (QED) is 0.259. The molecule has 0 atom stereocenters. The fraction of sp³-hybridized carbons (Fsp3) is 0.241. The molecule has 0 aliphatic rings. The first-order valence-electron chi connectivity index (χ1n) is 11.7. The zero-order valence-corrected chi connectivity index (χ0v) is 19.5. The fourth-order valence-electron chi connectivity index (χ4n) is 3.99. The number of carbonyl (C=O) groups is 1. The summed E-state index contributed by atoms with van der Waals surface area (Å²) in [5.41, 5.74) is 5.72. The molecule has 0 aliphatic heterocycles. The van der Waals surface area contributed by atoms with E-state index in [0.29, 0.717) is 19.6 Å². The summed E-state index contributed by atoms with van der Waals surface area (Å²) in [6, 6.07) is 27.0. The van der Waals surface area contributed by atoms with Gasteiger partial charge in [-0.25, -0.2) is 4.98 Å². The van der Waals surface area contributed by atoms with Crippen LogP contribution in [0.3, 0.4) is 0 Å². The van der Waals surface area contributed by atoms with E-state index in [2.05, 4.69) is 77.1 Å². The van der Waals surface area contributed by atoms with Crippen LogP contribution in [-0.2, 0) is 11.3 Å². The highest BCUT2D eigenvalue weighted by Crippen LogP contribution is 2.26. The van der Waals surface area contributed by atoms with Crippen LogP contribution in [0.5, 0.6) is 5.75 Å². The minimum absolute atomic E-state index is 0.219. The number of ether oxygens (including phenoxy) is 1. The van der Waals surface area contributed by atoms with Gasteiger partial charge in [0.05, 0.1) is 6.61 Å². The average Bonchev–Trinajstić information content (AvgIpc) is 3.22. The SMILES string of the molecule is Cc1cnc(-c2ccc(-c3ccccc3)cc2)n1Cc1cccc(OCCCCCC(=O)O)c1. The second-order valence-electron chi connectivity index (χ2n) is 8.45. The van der Waals surface area contributed by atoms with E-state index in [0.717, 1.165) is 41.2 Å². The number of carboxylic acid groups (broad SMARTS) is 1. The number of rotatable bonds is 11. The molecule has 1 aromatic heterocycles. The number of aromatic nitrogens is 2. The Bertz CT molecular complexity index is 1210. The van der Waals surface area contributed by atoms with Crippen LogP contribution in [0.1, 0.15) is 36.9 Å². The lowest BCUT2D eigenvalue weighted by Crippen LogP contribution is -2.05. The van der Waals surface area contributed by atoms with Gasteiger partial charge in [0.15, 0.2) is 0 Å². The maximum atomic E-state index is 10.6. The maximum Gasteiger partial charge on any atom is 0.303 e. The van der Waals surface area contributed by atoms with Crippen molar-refractivity contribution in [3.05, 3.63) is 96.3 Å². The fourth-order valence-corrected chi connectivity index (χ4v) is 3.99. The van der Waals surface area contributed by atoms with E-state index in [1.54, 1.807) is 0 Å². The van der Waals surface area contributed by atoms with Gasteiger partial charge in [-0.3, -0.25) is 4.79 Å². The number of nitrogens with zero attached hydrogens (tertiary/aromatic N) is 2. The Hall–Kier alpha value is -3.86. The van der Waals surface area contributed by atoms with E-state index in [1.807, 2.05) is 24.4 Å². The van der Waals surface area contributed by atoms with Gasteiger partial charge < -0.3 is 14.4 Å². The summed E-state index contributed by atoms with van der Waals surface area (Å²) in [6.45, 7) is 3.37. The molecule has 34 heavy (non-hydrogen) atoms. The summed E-state index contributed by atoms with van der Waals surface area (Å²) >= 11 is 0. The highest BCUT2D eigenvalue weighted by Gasteiger charge is 2.11. The van der Waals surface area contributed by atoms with E-state index in [9.17, 15) is 4.79 Å². The van der Waals surface area contributed by atoms with E-state index in [1.165, 1.54) is 11.1 Å². The molecule has 0 unspecified atom stereocenters. The largest absolute Gasteiger partial charge is 0.494 e. The molecule has 5 nitrogen and oxygen atoms in total. The highest BCUT2D eigenvalue weighted by molar-refractivity contribution is 5.68. The van der Waals surface area contributed by atoms with E-state index in [4.69, 9.17) is 9.84 Å². The molecule has 4 aromatic rings. The Kier molecular flexibility index (Phi) is 7.76. The molecule has 0 bridgehead atoms. The third-order valence-corrected chi connectivity index (χ3v) is 5.85. The number of hydrogen-bond donors (Lipinski definition) is 1. The number of hydrogen-bond acceptors (Lipinski definition) is 3. The Labute approximate surface area is 200 Å². The monoisotopic (exact) mass is 454 g/mol. The maximum absolute atomic E-state index is 10.6. The van der Waals surface area contributed by atoms with Crippen molar-refractivity contribution < 1.29 is 14.6 Å². The van der Waals surface area contributed by atoms with Gasteiger partial charge in [0, 0.05) is 30.4 Å². The van der Waals surface area contributed by atoms with Crippen LogP contribution < -0.4 is 4.74 Å². The minimum Gasteiger partial charge on any atom is -0.494 e. The molecule has 4 rings (SSSR count). The average molecular weight is 455 g/mol. The summed E-state index contributed by atoms with van der Waals surface area (Å²) in [4.78, 5) is 15.3. The van der Waals surface area contributed by atoms with Crippen LogP contribution in [0.4, 0.5) is 0 Å². The molecule has 0 fully saturated rings. The number of aliphatic carboxylic acids is 1. The first-order chi connectivity index (χ1) is 16.6. The summed E-state index contributed by atoms with van der Waals surface area (Å²) in [7, 11) is 0. The predicted molar refractivity (Wildman–Crippen MR) is 135 cm³/mol. The number of carboxylic acids is 1. The van der Waals surface area contributed by atoms with Crippen LogP contribution in [0.2, 0.25) is 0 Å². The lowest BCUT2D eigenvalue weighted by Gasteiger charge is -2.13. The topological polar surface area (TPSA) is 64.4 Å². The Balaban J connectivity index is 1.42. The minimum atomic E-state index is -0.741. The van der Waals surface area contributed by atoms with Crippen molar-refractivity contribution in [2.45, 2.75) is 39.2 Å². The predicted octanol–water partition coefficient (Wildman–Crippen LogP) is 6.60. The second kappa shape index (κ2) is 11.3. The van der Waals surface area contributed by atoms with Crippen LogP contribution in [0, 0.1) is 6.92 Å². The van der Waals surface area contributed by atoms with Crippen LogP contribution in [-0.4, -0.2) is 27.2 Å². The third kappa shape index (κ3) is 6.13. The molecule has 0 saturated heterocycles. The van der Waals surface area contributed by atoms with Gasteiger partial charge in [-0.05, 0) is 55.0 Å². The Morgan fingerprint density at radius 3 is 2.38 bits per heavy atom. The lowest BCUT2D eigenvalue weighted by molar-refractivity contribution is -0.137. The molecule has 174 valence electrons. The first kappa shape index (κ1) is 23.3. The van der Waals surface area contributed by atoms with E-state index in [-0.39, 0.29) is 6.42 Å². The van der Waals surface area contributed by atoms with E-state index < -0.39 is 5.97 Å². The molecule has 3 aromatic carbocycles. The van der Waals surface area contributed by atoms with Gasteiger partial charge in [0.2, 0.25) is 0 Å². The zero-order valence-electron chi connectivity index (χ0n) is 19.5. The Morgan fingerprint density at radius 2 is 1.62 bits per heavy atom. The van der Waals surface area contributed by atoms with Crippen molar-refractivity contribution in [1.82, 2.24) is 9.55 Å². The number of aryl methyl sites for hydroxylation is 1. The molecule has 1 N–H and O–H groups in total. The molecule has 0 radical (unpaired) electrons. The standard InChI is InChI=1S/C29H30N2O3/c1-22-20-30-29(26-16-14-25(15-17-26)24-10-4-2-5-11-24)31(22)21-23-9-8-12-27(19-23)34-18-7-3-6-13-28(32)33/h2,4-5,8-12,14-17,19-20H,3,6-7,13,18,21H2,1H3,(H,32,33). The number of benzene rings is 3. The third-order valence-electron chi connectivity index (χ3n) is 5.85. The van der Waals surface area contributed by atoms with Crippen molar-refractivity contribution in [2.24, 2.45) is 0 Å². The van der Waals surface area contributed by atoms with Crippen LogP contribution in [0.25, 0.3) is 22.5 Å². The smallest absolute Gasteiger partial charge is 0.303 e. The molecular formula is C29H30N2O3. The van der Waals surface area contributed by atoms with Crippen molar-refractivity contribution in [3.63, 3.8) is 0 Å². The molecule has 0 aliphatic carbocycles. The van der Waals surface area contributed by atoms with Crippen molar-refractivity contribution in [1.29, 1.82) is 0 Å². The molecule has 1 heterocycles. The lowest BCUT2D eigenvalue weighted by atomic mass is 10.0. The molecule has 0 amide bonds. The van der Waals surface area contributed by atoms with Gasteiger partial charge in [-0.2, -0.15) is 0 Å². The van der Waals surface area contributed by atoms with Crippen molar-refractivity contribution >= 4 is 5.97 Å². The zero-order chi connectivity index (χ0) is 23.8. The Morgan fingerprint density at radius 1 is 0.882 bits per heavy atom. The van der Waals surface area contributed by atoms with Crippen LogP contribution >= 0.6 is 0 Å². The number of imidazole rings is 1. The van der Waals surface area contributed by atoms with Gasteiger partial charge >= 0.3 is 5.97 Å². The summed E-state index contributed by atoms with van der Waals surface area (Å²) in [5, 5.41) is 8.72. The molecule has 0 saturated carbocycles. The van der Waals surface area contributed by atoms with Gasteiger partial charge in [0.25, 0.3) is 0 Å². The van der Waals surface area contributed by atoms with Gasteiger partial charge in [-0.1, -0.05) is 66.7 Å². The number of unbranched alkanes of at least 4 members (excludes halogenated alkanes) is 2. The molecular weight excluding hydrogens is 424 g/mol. The van der Waals surface area contributed by atoms with Crippen molar-refractivity contribution in [3.8, 4) is 28.3 Å². The first-order valence-corrected chi connectivity index (χ1v) is 11.7. The summed E-state index contributed by atoms with van der Waals surface area (Å²) < 4.78 is 8.13. The van der Waals surface area contributed by atoms with Crippen molar-refractivity contribution in [2.75, 3.05) is 6.61 Å². The second-order valence-corrected chi connectivity index (χ2v) is 8.45. The summed E-state index contributed by atoms with van der Waals surface area (Å²) in [6.07, 6.45) is 4.52. The molecule has 5 heteroatoms. The molecule has 0 spiro atoms. The highest BCUT2D eigenvalue weighted by atomic mass is 16.5. The normalized spacial score (nSPS) is 10.9. The van der Waals surface area contributed by atoms with Crippen LogP contribution in [0.15, 0.2) is 85.1 Å². The van der Waals surface area contributed by atoms with Gasteiger partial charge in [0.1, 0.15) is 11.6 Å². The van der Waals surface area contributed by atoms with Gasteiger partial charge in [-0.15, -0.1) is 0 Å². The van der Waals surface area contributed by atoms with E-state index >= 15 is 0 Å². The summed E-state index contributed by atoms with van der Waals surface area (Å²) in [5.74, 6) is 1.04.